The molecular formula is C23H22F3N5O3S. The lowest BCUT2D eigenvalue weighted by Gasteiger charge is -2.12. The first-order valence-corrected chi connectivity index (χ1v) is 11.3. The van der Waals surface area contributed by atoms with Crippen LogP contribution < -0.4 is 20.7 Å². The number of ether oxygens (including phenoxy) is 1. The van der Waals surface area contributed by atoms with E-state index in [0.29, 0.717) is 28.9 Å². The maximum atomic E-state index is 13.3. The topological polar surface area (TPSA) is 105 Å². The molecule has 3 N–H and O–H groups in total. The average molecular weight is 506 g/mol. The van der Waals surface area contributed by atoms with Gasteiger partial charge in [-0.15, -0.1) is 0 Å². The lowest BCUT2D eigenvalue weighted by molar-refractivity contribution is -0.141. The number of hydrogen-bond acceptors (Lipinski definition) is 7. The van der Waals surface area contributed by atoms with E-state index in [1.807, 2.05) is 19.1 Å². The quantitative estimate of drug-likeness (QED) is 0.284. The van der Waals surface area contributed by atoms with Gasteiger partial charge in [0.05, 0.1) is 12.9 Å². The minimum Gasteiger partial charge on any atom is -0.497 e. The third kappa shape index (κ3) is 7.88. The molecule has 8 nitrogen and oxygen atoms in total. The SMILES string of the molecule is CCc1ccc(NC(=O)NC(=O)CSc2nc(Nc3ccc(OC)cc3)cc(C(F)(F)F)n2)cc1. The second-order valence-corrected chi connectivity index (χ2v) is 8.06. The van der Waals surface area contributed by atoms with Crippen molar-refractivity contribution in [1.29, 1.82) is 0 Å². The summed E-state index contributed by atoms with van der Waals surface area (Å²) in [6.07, 6.45) is -3.87. The maximum absolute atomic E-state index is 13.3. The number of thioether (sulfide) groups is 1. The largest absolute Gasteiger partial charge is 0.497 e. The van der Waals surface area contributed by atoms with Crippen LogP contribution in [0.1, 0.15) is 18.2 Å². The number of alkyl halides is 3. The summed E-state index contributed by atoms with van der Waals surface area (Å²) < 4.78 is 45.1. The number of benzene rings is 2. The molecule has 0 aliphatic rings. The second kappa shape index (κ2) is 11.6. The molecule has 0 saturated carbocycles. The summed E-state index contributed by atoms with van der Waals surface area (Å²) in [5.41, 5.74) is 0.899. The zero-order chi connectivity index (χ0) is 25.4. The van der Waals surface area contributed by atoms with Crippen LogP contribution in [0.15, 0.2) is 59.8 Å². The van der Waals surface area contributed by atoms with Gasteiger partial charge in [-0.1, -0.05) is 30.8 Å². The normalized spacial score (nSPS) is 11.0. The first-order valence-electron chi connectivity index (χ1n) is 10.4. The van der Waals surface area contributed by atoms with E-state index in [4.69, 9.17) is 4.74 Å². The molecule has 1 heterocycles. The molecule has 2 aromatic carbocycles. The number of carbonyl (C=O) groups is 2. The van der Waals surface area contributed by atoms with E-state index in [0.717, 1.165) is 18.1 Å². The van der Waals surface area contributed by atoms with Crippen molar-refractivity contribution in [3.05, 3.63) is 65.9 Å². The zero-order valence-electron chi connectivity index (χ0n) is 18.8. The number of aromatic nitrogens is 2. The number of rotatable bonds is 8. The average Bonchev–Trinajstić information content (AvgIpc) is 2.83. The Bertz CT molecular complexity index is 1170. The first kappa shape index (κ1) is 25.8. The molecular weight excluding hydrogens is 483 g/mol. The fourth-order valence-corrected chi connectivity index (χ4v) is 3.46. The predicted molar refractivity (Wildman–Crippen MR) is 127 cm³/mol. The van der Waals surface area contributed by atoms with E-state index < -0.39 is 23.8 Å². The molecule has 0 aliphatic heterocycles. The van der Waals surface area contributed by atoms with Crippen LogP contribution in [0, 0.1) is 0 Å². The van der Waals surface area contributed by atoms with Gasteiger partial charge in [0.25, 0.3) is 0 Å². The van der Waals surface area contributed by atoms with Gasteiger partial charge in [-0.05, 0) is 48.4 Å². The summed E-state index contributed by atoms with van der Waals surface area (Å²) in [7, 11) is 1.50. The predicted octanol–water partition coefficient (Wildman–Crippen LogP) is 5.25. The van der Waals surface area contributed by atoms with Crippen LogP contribution in [0.5, 0.6) is 5.75 Å². The first-order chi connectivity index (χ1) is 16.7. The highest BCUT2D eigenvalue weighted by Gasteiger charge is 2.34. The van der Waals surface area contributed by atoms with Gasteiger partial charge in [-0.2, -0.15) is 13.2 Å². The van der Waals surface area contributed by atoms with Crippen molar-refractivity contribution < 1.29 is 27.5 Å². The zero-order valence-corrected chi connectivity index (χ0v) is 19.6. The van der Waals surface area contributed by atoms with E-state index in [-0.39, 0.29) is 16.7 Å². The Labute approximate surface area is 203 Å². The van der Waals surface area contributed by atoms with Crippen LogP contribution in [-0.4, -0.2) is 34.8 Å². The molecule has 1 aromatic heterocycles. The monoisotopic (exact) mass is 505 g/mol. The summed E-state index contributed by atoms with van der Waals surface area (Å²) in [4.78, 5) is 31.7. The van der Waals surface area contributed by atoms with Crippen LogP contribution in [-0.2, 0) is 17.4 Å². The Morgan fingerprint density at radius 3 is 2.26 bits per heavy atom. The standard InChI is InChI=1S/C23H22F3N5O3S/c1-3-14-4-6-16(7-5-14)28-21(33)31-20(32)13-35-22-29-18(23(24,25)26)12-19(30-22)27-15-8-10-17(34-2)11-9-15/h4-12H,3,13H2,1-2H3,(H,27,29,30)(H2,28,31,32,33). The number of hydrogen-bond donors (Lipinski definition) is 3. The van der Waals surface area contributed by atoms with Crippen molar-refractivity contribution in [1.82, 2.24) is 15.3 Å². The summed E-state index contributed by atoms with van der Waals surface area (Å²) in [5, 5.41) is 7.14. The fraction of sp³-hybridized carbons (Fsp3) is 0.217. The highest BCUT2D eigenvalue weighted by Crippen LogP contribution is 2.31. The van der Waals surface area contributed by atoms with Crippen LogP contribution in [0.2, 0.25) is 0 Å². The van der Waals surface area contributed by atoms with E-state index in [1.165, 1.54) is 7.11 Å². The van der Waals surface area contributed by atoms with E-state index in [2.05, 4.69) is 25.9 Å². The third-order valence-electron chi connectivity index (χ3n) is 4.56. The number of methoxy groups -OCH3 is 1. The Hall–Kier alpha value is -3.80. The molecule has 12 heteroatoms. The Morgan fingerprint density at radius 2 is 1.66 bits per heavy atom. The Kier molecular flexibility index (Phi) is 8.53. The minimum atomic E-state index is -4.72. The van der Waals surface area contributed by atoms with Crippen molar-refractivity contribution in [3.63, 3.8) is 0 Å². The summed E-state index contributed by atoms with van der Waals surface area (Å²) in [5.74, 6) is -0.610. The number of urea groups is 1. The number of carbonyl (C=O) groups excluding carboxylic acids is 2. The molecule has 3 aromatic rings. The van der Waals surface area contributed by atoms with Crippen LogP contribution >= 0.6 is 11.8 Å². The number of imide groups is 1. The second-order valence-electron chi connectivity index (χ2n) is 7.11. The van der Waals surface area contributed by atoms with Crippen LogP contribution in [0.25, 0.3) is 0 Å². The van der Waals surface area contributed by atoms with Gasteiger partial charge in [0, 0.05) is 17.4 Å². The molecule has 0 atom stereocenters. The molecule has 0 aliphatic carbocycles. The molecule has 0 unspecified atom stereocenters. The lowest BCUT2D eigenvalue weighted by Crippen LogP contribution is -2.35. The molecule has 184 valence electrons. The van der Waals surface area contributed by atoms with Gasteiger partial charge >= 0.3 is 12.2 Å². The molecule has 0 saturated heterocycles. The highest BCUT2D eigenvalue weighted by molar-refractivity contribution is 7.99. The molecule has 0 spiro atoms. The number of nitrogens with one attached hydrogen (secondary N) is 3. The molecule has 0 bridgehead atoms. The van der Waals surface area contributed by atoms with E-state index >= 15 is 0 Å². The third-order valence-corrected chi connectivity index (χ3v) is 5.41. The number of halogens is 3. The fourth-order valence-electron chi connectivity index (χ4n) is 2.80. The Morgan fingerprint density at radius 1 is 1.00 bits per heavy atom. The van der Waals surface area contributed by atoms with Gasteiger partial charge in [0.15, 0.2) is 10.9 Å². The van der Waals surface area contributed by atoms with Gasteiger partial charge in [-0.3, -0.25) is 10.1 Å². The smallest absolute Gasteiger partial charge is 0.433 e. The van der Waals surface area contributed by atoms with E-state index in [9.17, 15) is 22.8 Å². The molecule has 0 radical (unpaired) electrons. The summed E-state index contributed by atoms with van der Waals surface area (Å²) in [6.45, 7) is 2.00. The molecule has 3 amide bonds. The van der Waals surface area contributed by atoms with Crippen molar-refractivity contribution in [2.24, 2.45) is 0 Å². The Balaban J connectivity index is 1.63. The van der Waals surface area contributed by atoms with Crippen LogP contribution in [0.4, 0.5) is 35.2 Å². The van der Waals surface area contributed by atoms with Crippen molar-refractivity contribution in [2.45, 2.75) is 24.7 Å². The summed E-state index contributed by atoms with van der Waals surface area (Å²) >= 11 is 0.669. The van der Waals surface area contributed by atoms with Gasteiger partial charge in [0.1, 0.15) is 11.6 Å². The maximum Gasteiger partial charge on any atom is 0.433 e. The number of aryl methyl sites for hydroxylation is 1. The number of anilines is 3. The van der Waals surface area contributed by atoms with Crippen molar-refractivity contribution >= 4 is 40.9 Å². The number of amides is 3. The van der Waals surface area contributed by atoms with Gasteiger partial charge in [0.2, 0.25) is 5.91 Å². The van der Waals surface area contributed by atoms with Crippen molar-refractivity contribution in [2.75, 3.05) is 23.5 Å². The number of nitrogens with zero attached hydrogens (tertiary/aromatic N) is 2. The van der Waals surface area contributed by atoms with Gasteiger partial charge < -0.3 is 15.4 Å². The molecule has 3 rings (SSSR count). The summed E-state index contributed by atoms with van der Waals surface area (Å²) in [6, 6.07) is 13.6. The lowest BCUT2D eigenvalue weighted by atomic mass is 10.1. The molecule has 0 fully saturated rings. The highest BCUT2D eigenvalue weighted by atomic mass is 32.2. The van der Waals surface area contributed by atoms with Crippen molar-refractivity contribution in [3.8, 4) is 5.75 Å². The van der Waals surface area contributed by atoms with Crippen LogP contribution in [0.3, 0.4) is 0 Å². The van der Waals surface area contributed by atoms with E-state index in [1.54, 1.807) is 36.4 Å². The van der Waals surface area contributed by atoms with Gasteiger partial charge in [-0.25, -0.2) is 14.8 Å². The molecule has 35 heavy (non-hydrogen) atoms. The minimum absolute atomic E-state index is 0.103.